The summed E-state index contributed by atoms with van der Waals surface area (Å²) in [4.78, 5) is 25.5. The van der Waals surface area contributed by atoms with Gasteiger partial charge in [-0.1, -0.05) is 29.8 Å². The van der Waals surface area contributed by atoms with E-state index in [4.69, 9.17) is 9.90 Å². The number of hydrogen-bond donors (Lipinski definition) is 2. The van der Waals surface area contributed by atoms with Crippen molar-refractivity contribution < 1.29 is 27.9 Å². The highest BCUT2D eigenvalue weighted by Crippen LogP contribution is 2.24. The van der Waals surface area contributed by atoms with Gasteiger partial charge in [-0.15, -0.1) is 0 Å². The Kier molecular flexibility index (Phi) is 6.09. The number of pyridine rings is 1. The van der Waals surface area contributed by atoms with Crippen molar-refractivity contribution in [2.75, 3.05) is 0 Å². The van der Waals surface area contributed by atoms with Gasteiger partial charge < -0.3 is 15.0 Å². The second-order valence-corrected chi connectivity index (χ2v) is 7.09. The third-order valence-corrected chi connectivity index (χ3v) is 4.47. The molecule has 9 heteroatoms. The number of nitrogens with zero attached hydrogens (tertiary/aromatic N) is 2. The minimum atomic E-state index is -5.08. The summed E-state index contributed by atoms with van der Waals surface area (Å²) in [6, 6.07) is 12.8. The normalized spacial score (nSPS) is 13.5. The van der Waals surface area contributed by atoms with Crippen LogP contribution in [0.5, 0.6) is 0 Å². The van der Waals surface area contributed by atoms with Crippen molar-refractivity contribution in [1.82, 2.24) is 14.9 Å². The topological polar surface area (TPSA) is 84.2 Å². The van der Waals surface area contributed by atoms with Gasteiger partial charge in [0.2, 0.25) is 5.91 Å². The molecule has 0 unspecified atom stereocenters. The number of aliphatic carboxylic acids is 1. The third-order valence-electron chi connectivity index (χ3n) is 4.47. The fourth-order valence-corrected chi connectivity index (χ4v) is 2.84. The van der Waals surface area contributed by atoms with E-state index in [9.17, 15) is 18.0 Å². The summed E-state index contributed by atoms with van der Waals surface area (Å²) in [7, 11) is 0. The largest absolute Gasteiger partial charge is 0.490 e. The van der Waals surface area contributed by atoms with Crippen LogP contribution in [0.25, 0.3) is 22.2 Å². The van der Waals surface area contributed by atoms with Gasteiger partial charge in [0.1, 0.15) is 6.54 Å². The molecule has 2 N–H and O–H groups in total. The predicted molar refractivity (Wildman–Crippen MR) is 105 cm³/mol. The number of carboxylic acid groups (broad SMARTS) is 1. The standard InChI is InChI=1S/C19H19N3O.C2HF3O2/c1-13-3-2-4-14(9-13)15-10-18-17(20-11-15)7-8-22(18)12-19(23)21-16-5-6-16;3-2(4,5)1(6)7/h2-4,7-11,16H,5-6,12H2,1H3,(H,21,23);(H,6,7). The molecule has 0 radical (unpaired) electrons. The SMILES string of the molecule is Cc1cccc(-c2cnc3ccn(CC(=O)NC4CC4)c3c2)c1.O=C(O)C(F)(F)F. The van der Waals surface area contributed by atoms with Crippen LogP contribution in [0.15, 0.2) is 48.8 Å². The number of nitrogens with one attached hydrogen (secondary N) is 1. The zero-order chi connectivity index (χ0) is 21.9. The molecule has 2 aromatic heterocycles. The van der Waals surface area contributed by atoms with Crippen LogP contribution in [-0.2, 0) is 16.1 Å². The Hall–Kier alpha value is -3.36. The summed E-state index contributed by atoms with van der Waals surface area (Å²) in [5.41, 5.74) is 5.36. The minimum Gasteiger partial charge on any atom is -0.475 e. The van der Waals surface area contributed by atoms with Crippen molar-refractivity contribution in [3.05, 3.63) is 54.4 Å². The number of fused-ring (bicyclic) bond motifs is 1. The summed E-state index contributed by atoms with van der Waals surface area (Å²) in [6.07, 6.45) is 0.963. The molecule has 0 bridgehead atoms. The van der Waals surface area contributed by atoms with Crippen molar-refractivity contribution >= 4 is 22.9 Å². The molecule has 1 aromatic carbocycles. The zero-order valence-electron chi connectivity index (χ0n) is 16.1. The van der Waals surface area contributed by atoms with E-state index >= 15 is 0 Å². The monoisotopic (exact) mass is 419 g/mol. The summed E-state index contributed by atoms with van der Waals surface area (Å²) in [6.45, 7) is 2.43. The lowest BCUT2D eigenvalue weighted by Gasteiger charge is -2.08. The second kappa shape index (κ2) is 8.56. The molecule has 1 amide bonds. The lowest BCUT2D eigenvalue weighted by atomic mass is 10.1. The Morgan fingerprint density at radius 1 is 1.20 bits per heavy atom. The van der Waals surface area contributed by atoms with Crippen molar-refractivity contribution in [2.24, 2.45) is 0 Å². The Labute approximate surface area is 170 Å². The van der Waals surface area contributed by atoms with Gasteiger partial charge in [0.15, 0.2) is 0 Å². The molecule has 1 fully saturated rings. The molecule has 158 valence electrons. The van der Waals surface area contributed by atoms with Crippen LogP contribution in [0.2, 0.25) is 0 Å². The lowest BCUT2D eigenvalue weighted by molar-refractivity contribution is -0.192. The minimum absolute atomic E-state index is 0.0750. The van der Waals surface area contributed by atoms with Crippen LogP contribution in [0.3, 0.4) is 0 Å². The van der Waals surface area contributed by atoms with Crippen molar-refractivity contribution in [1.29, 1.82) is 0 Å². The number of alkyl halides is 3. The van der Waals surface area contributed by atoms with E-state index in [1.165, 1.54) is 5.56 Å². The highest BCUT2D eigenvalue weighted by atomic mass is 19.4. The number of carboxylic acids is 1. The van der Waals surface area contributed by atoms with E-state index in [1.807, 2.05) is 23.0 Å². The average Bonchev–Trinajstić information content (AvgIpc) is 3.40. The highest BCUT2D eigenvalue weighted by Gasteiger charge is 2.38. The van der Waals surface area contributed by atoms with Crippen LogP contribution in [-0.4, -0.2) is 38.8 Å². The van der Waals surface area contributed by atoms with Gasteiger partial charge in [0.05, 0.1) is 11.0 Å². The Morgan fingerprint density at radius 2 is 1.90 bits per heavy atom. The molecule has 4 rings (SSSR count). The number of aryl methyl sites for hydroxylation is 1. The maximum atomic E-state index is 12.1. The van der Waals surface area contributed by atoms with Crippen molar-refractivity contribution in [3.8, 4) is 11.1 Å². The van der Waals surface area contributed by atoms with E-state index in [2.05, 4.69) is 47.6 Å². The van der Waals surface area contributed by atoms with Crippen LogP contribution in [0.4, 0.5) is 13.2 Å². The predicted octanol–water partition coefficient (Wildman–Crippen LogP) is 3.92. The molecule has 2 heterocycles. The first-order valence-corrected chi connectivity index (χ1v) is 9.25. The molecule has 6 nitrogen and oxygen atoms in total. The summed E-state index contributed by atoms with van der Waals surface area (Å²) < 4.78 is 33.7. The van der Waals surface area contributed by atoms with Gasteiger partial charge in [-0.2, -0.15) is 13.2 Å². The molecule has 1 aliphatic carbocycles. The number of rotatable bonds is 4. The zero-order valence-corrected chi connectivity index (χ0v) is 16.1. The average molecular weight is 419 g/mol. The fraction of sp³-hybridized carbons (Fsp3) is 0.286. The number of aromatic nitrogens is 2. The Bertz CT molecular complexity index is 1070. The molecule has 0 spiro atoms. The lowest BCUT2D eigenvalue weighted by Crippen LogP contribution is -2.29. The molecule has 30 heavy (non-hydrogen) atoms. The van der Waals surface area contributed by atoms with Gasteiger partial charge in [0, 0.05) is 24.0 Å². The third kappa shape index (κ3) is 5.59. The van der Waals surface area contributed by atoms with E-state index in [0.29, 0.717) is 12.6 Å². The first kappa shape index (κ1) is 21.4. The smallest absolute Gasteiger partial charge is 0.475 e. The Balaban J connectivity index is 0.000000318. The molecular weight excluding hydrogens is 399 g/mol. The van der Waals surface area contributed by atoms with Crippen LogP contribution >= 0.6 is 0 Å². The Morgan fingerprint density at radius 3 is 2.50 bits per heavy atom. The van der Waals surface area contributed by atoms with Crippen molar-refractivity contribution in [3.63, 3.8) is 0 Å². The first-order chi connectivity index (χ1) is 14.1. The van der Waals surface area contributed by atoms with Gasteiger partial charge in [-0.05, 0) is 37.5 Å². The molecule has 0 saturated heterocycles. The number of amides is 1. The summed E-state index contributed by atoms with van der Waals surface area (Å²) >= 11 is 0. The first-order valence-electron chi connectivity index (χ1n) is 9.25. The van der Waals surface area contributed by atoms with Gasteiger partial charge >= 0.3 is 12.1 Å². The molecule has 0 atom stereocenters. The molecule has 3 aromatic rings. The van der Waals surface area contributed by atoms with Gasteiger partial charge in [-0.25, -0.2) is 4.79 Å². The second-order valence-electron chi connectivity index (χ2n) is 7.09. The molecule has 1 aliphatic rings. The van der Waals surface area contributed by atoms with Crippen LogP contribution in [0.1, 0.15) is 18.4 Å². The maximum Gasteiger partial charge on any atom is 0.490 e. The van der Waals surface area contributed by atoms with E-state index in [1.54, 1.807) is 0 Å². The number of carbonyl (C=O) groups is 2. The molecule has 1 saturated carbocycles. The quantitative estimate of drug-likeness (QED) is 0.671. The summed E-state index contributed by atoms with van der Waals surface area (Å²) in [5, 5.41) is 10.2. The molecule has 0 aliphatic heterocycles. The number of halogens is 3. The van der Waals surface area contributed by atoms with E-state index in [0.717, 1.165) is 35.0 Å². The fourth-order valence-electron chi connectivity index (χ4n) is 2.84. The summed E-state index contributed by atoms with van der Waals surface area (Å²) in [5.74, 6) is -2.68. The molecular formula is C21H20F3N3O3. The van der Waals surface area contributed by atoms with Gasteiger partial charge in [-0.3, -0.25) is 9.78 Å². The number of benzene rings is 1. The van der Waals surface area contributed by atoms with Crippen LogP contribution < -0.4 is 5.32 Å². The number of carbonyl (C=O) groups excluding carboxylic acids is 1. The number of hydrogen-bond acceptors (Lipinski definition) is 3. The van der Waals surface area contributed by atoms with Gasteiger partial charge in [0.25, 0.3) is 0 Å². The maximum absolute atomic E-state index is 12.1. The van der Waals surface area contributed by atoms with Crippen molar-refractivity contribution in [2.45, 2.75) is 38.5 Å². The van der Waals surface area contributed by atoms with E-state index < -0.39 is 12.1 Å². The van der Waals surface area contributed by atoms with E-state index in [-0.39, 0.29) is 5.91 Å². The van der Waals surface area contributed by atoms with Crippen LogP contribution in [0, 0.1) is 6.92 Å². The highest BCUT2D eigenvalue weighted by molar-refractivity contribution is 5.84.